The average Bonchev–Trinajstić information content (AvgIpc) is 2.76. The molecule has 4 rings (SSSR count). The second-order valence-corrected chi connectivity index (χ2v) is 7.58. The minimum atomic E-state index is -0.280. The molecule has 1 heterocycles. The van der Waals surface area contributed by atoms with Crippen molar-refractivity contribution in [2.45, 2.75) is 6.92 Å². The maximum Gasteiger partial charge on any atom is 0.265 e. The Hall–Kier alpha value is -3.51. The van der Waals surface area contributed by atoms with Crippen LogP contribution in [0.4, 0.5) is 11.4 Å². The first-order valence-corrected chi connectivity index (χ1v) is 10.2. The Morgan fingerprint density at radius 2 is 1.94 bits per heavy atom. The SMILES string of the molecule is Cc1ccc(OCCN2C(=O)COc3cc(NC(=O)c4cccc(Cl)c4)ccc32)cc1. The number of rotatable bonds is 6. The maximum absolute atomic E-state index is 12.5. The molecule has 2 amide bonds. The van der Waals surface area contributed by atoms with Gasteiger partial charge in [-0.15, -0.1) is 0 Å². The summed E-state index contributed by atoms with van der Waals surface area (Å²) in [6.45, 7) is 2.68. The molecule has 0 saturated carbocycles. The van der Waals surface area contributed by atoms with Gasteiger partial charge in [0.15, 0.2) is 6.61 Å². The fraction of sp³-hybridized carbons (Fsp3) is 0.167. The lowest BCUT2D eigenvalue weighted by molar-refractivity contribution is -0.121. The van der Waals surface area contributed by atoms with Gasteiger partial charge in [0.25, 0.3) is 11.8 Å². The van der Waals surface area contributed by atoms with Crippen LogP contribution < -0.4 is 19.7 Å². The Morgan fingerprint density at radius 1 is 1.13 bits per heavy atom. The number of fused-ring (bicyclic) bond motifs is 1. The van der Waals surface area contributed by atoms with Crippen molar-refractivity contribution >= 4 is 34.8 Å². The highest BCUT2D eigenvalue weighted by Gasteiger charge is 2.26. The molecule has 3 aromatic carbocycles. The Bertz CT molecular complexity index is 1110. The molecule has 0 fully saturated rings. The number of nitrogens with one attached hydrogen (secondary N) is 1. The number of aryl methyl sites for hydroxylation is 1. The molecule has 0 bridgehead atoms. The van der Waals surface area contributed by atoms with E-state index in [4.69, 9.17) is 21.1 Å². The van der Waals surface area contributed by atoms with Crippen molar-refractivity contribution < 1.29 is 19.1 Å². The van der Waals surface area contributed by atoms with Crippen molar-refractivity contribution in [3.63, 3.8) is 0 Å². The van der Waals surface area contributed by atoms with Gasteiger partial charge in [0.2, 0.25) is 0 Å². The number of hydrogen-bond acceptors (Lipinski definition) is 4. The van der Waals surface area contributed by atoms with E-state index in [1.807, 2.05) is 31.2 Å². The van der Waals surface area contributed by atoms with E-state index in [9.17, 15) is 9.59 Å². The van der Waals surface area contributed by atoms with Gasteiger partial charge in [0.1, 0.15) is 18.1 Å². The number of ether oxygens (including phenoxy) is 2. The molecule has 1 aliphatic rings. The van der Waals surface area contributed by atoms with Crippen LogP contribution in [0, 0.1) is 6.92 Å². The van der Waals surface area contributed by atoms with Crippen molar-refractivity contribution in [1.82, 2.24) is 0 Å². The minimum Gasteiger partial charge on any atom is -0.492 e. The molecule has 0 aromatic heterocycles. The largest absolute Gasteiger partial charge is 0.492 e. The number of halogens is 1. The standard InChI is InChI=1S/C24H21ClN2O4/c1-16-5-8-20(9-6-16)30-12-11-27-21-10-7-19(14-22(21)31-15-23(27)28)26-24(29)17-3-2-4-18(25)13-17/h2-10,13-14H,11-12,15H2,1H3,(H,26,29). The van der Waals surface area contributed by atoms with Gasteiger partial charge in [-0.2, -0.15) is 0 Å². The Morgan fingerprint density at radius 3 is 2.71 bits per heavy atom. The molecule has 31 heavy (non-hydrogen) atoms. The molecule has 0 atom stereocenters. The predicted octanol–water partition coefficient (Wildman–Crippen LogP) is 4.71. The quantitative estimate of drug-likeness (QED) is 0.608. The number of amides is 2. The zero-order valence-electron chi connectivity index (χ0n) is 16.9. The summed E-state index contributed by atoms with van der Waals surface area (Å²) in [5.41, 5.74) is 2.82. The lowest BCUT2D eigenvalue weighted by atomic mass is 10.2. The number of nitrogens with zero attached hydrogens (tertiary/aromatic N) is 1. The lowest BCUT2D eigenvalue weighted by Gasteiger charge is -2.29. The summed E-state index contributed by atoms with van der Waals surface area (Å²) in [6, 6.07) is 19.7. The van der Waals surface area contributed by atoms with Crippen molar-refractivity contribution in [3.05, 3.63) is 82.9 Å². The predicted molar refractivity (Wildman–Crippen MR) is 120 cm³/mol. The average molecular weight is 437 g/mol. The molecule has 1 aliphatic heterocycles. The van der Waals surface area contributed by atoms with Crippen LogP contribution in [0.3, 0.4) is 0 Å². The number of anilines is 2. The van der Waals surface area contributed by atoms with Crippen LogP contribution >= 0.6 is 11.6 Å². The van der Waals surface area contributed by atoms with Crippen LogP contribution in [0.5, 0.6) is 11.5 Å². The summed E-state index contributed by atoms with van der Waals surface area (Å²) in [5.74, 6) is 0.859. The van der Waals surface area contributed by atoms with E-state index in [1.54, 1.807) is 47.4 Å². The molecule has 158 valence electrons. The van der Waals surface area contributed by atoms with Crippen LogP contribution in [-0.4, -0.2) is 31.6 Å². The summed E-state index contributed by atoms with van der Waals surface area (Å²) in [5, 5.41) is 3.31. The highest BCUT2D eigenvalue weighted by molar-refractivity contribution is 6.31. The van der Waals surface area contributed by atoms with Crippen LogP contribution in [0.25, 0.3) is 0 Å². The molecular weight excluding hydrogens is 416 g/mol. The summed E-state index contributed by atoms with van der Waals surface area (Å²) in [7, 11) is 0. The van der Waals surface area contributed by atoms with E-state index < -0.39 is 0 Å². The Balaban J connectivity index is 1.43. The van der Waals surface area contributed by atoms with E-state index in [0.717, 1.165) is 11.3 Å². The Labute approximate surface area is 185 Å². The molecule has 6 nitrogen and oxygen atoms in total. The molecule has 7 heteroatoms. The summed E-state index contributed by atoms with van der Waals surface area (Å²) in [4.78, 5) is 26.5. The number of benzene rings is 3. The third-order valence-electron chi connectivity index (χ3n) is 4.85. The third-order valence-corrected chi connectivity index (χ3v) is 5.09. The van der Waals surface area contributed by atoms with Crippen molar-refractivity contribution in [2.24, 2.45) is 0 Å². The van der Waals surface area contributed by atoms with E-state index in [0.29, 0.717) is 40.9 Å². The van der Waals surface area contributed by atoms with Gasteiger partial charge in [-0.05, 0) is 49.4 Å². The van der Waals surface area contributed by atoms with Gasteiger partial charge in [0.05, 0.1) is 12.2 Å². The van der Waals surface area contributed by atoms with Crippen LogP contribution in [0.2, 0.25) is 5.02 Å². The van der Waals surface area contributed by atoms with Gasteiger partial charge in [0, 0.05) is 22.3 Å². The van der Waals surface area contributed by atoms with Gasteiger partial charge in [-0.1, -0.05) is 35.4 Å². The van der Waals surface area contributed by atoms with Crippen molar-refractivity contribution in [3.8, 4) is 11.5 Å². The highest BCUT2D eigenvalue weighted by Crippen LogP contribution is 2.34. The van der Waals surface area contributed by atoms with E-state index in [-0.39, 0.29) is 18.4 Å². The van der Waals surface area contributed by atoms with Gasteiger partial charge in [-0.3, -0.25) is 9.59 Å². The molecule has 1 N–H and O–H groups in total. The molecule has 0 spiro atoms. The number of carbonyl (C=O) groups excluding carboxylic acids is 2. The fourth-order valence-corrected chi connectivity index (χ4v) is 3.44. The molecule has 0 saturated heterocycles. The van der Waals surface area contributed by atoms with Crippen LogP contribution in [-0.2, 0) is 4.79 Å². The van der Waals surface area contributed by atoms with Crippen molar-refractivity contribution in [2.75, 3.05) is 30.0 Å². The normalized spacial score (nSPS) is 12.7. The third kappa shape index (κ3) is 4.98. The number of carbonyl (C=O) groups is 2. The number of hydrogen-bond donors (Lipinski definition) is 1. The molecule has 0 unspecified atom stereocenters. The van der Waals surface area contributed by atoms with Crippen LogP contribution in [0.1, 0.15) is 15.9 Å². The first-order chi connectivity index (χ1) is 15.0. The lowest BCUT2D eigenvalue weighted by Crippen LogP contribution is -2.41. The van der Waals surface area contributed by atoms with Gasteiger partial charge >= 0.3 is 0 Å². The zero-order chi connectivity index (χ0) is 21.8. The smallest absolute Gasteiger partial charge is 0.265 e. The summed E-state index contributed by atoms with van der Waals surface area (Å²) >= 11 is 5.96. The molecule has 0 aliphatic carbocycles. The fourth-order valence-electron chi connectivity index (χ4n) is 3.25. The van der Waals surface area contributed by atoms with E-state index in [2.05, 4.69) is 5.32 Å². The minimum absolute atomic E-state index is 0.0662. The first kappa shape index (κ1) is 20.8. The molecule has 3 aromatic rings. The zero-order valence-corrected chi connectivity index (χ0v) is 17.7. The molecule has 0 radical (unpaired) electrons. The highest BCUT2D eigenvalue weighted by atomic mass is 35.5. The summed E-state index contributed by atoms with van der Waals surface area (Å²) < 4.78 is 11.3. The second-order valence-electron chi connectivity index (χ2n) is 7.14. The monoisotopic (exact) mass is 436 g/mol. The Kier molecular flexibility index (Phi) is 6.09. The van der Waals surface area contributed by atoms with E-state index >= 15 is 0 Å². The topological polar surface area (TPSA) is 67.9 Å². The maximum atomic E-state index is 12.5. The summed E-state index contributed by atoms with van der Waals surface area (Å²) in [6.07, 6.45) is 0. The second kappa shape index (κ2) is 9.10. The van der Waals surface area contributed by atoms with Gasteiger partial charge in [-0.25, -0.2) is 0 Å². The first-order valence-electron chi connectivity index (χ1n) is 9.83. The van der Waals surface area contributed by atoms with Gasteiger partial charge < -0.3 is 19.7 Å². The molecular formula is C24H21ClN2O4. The van der Waals surface area contributed by atoms with E-state index in [1.165, 1.54) is 0 Å². The van der Waals surface area contributed by atoms with Crippen molar-refractivity contribution in [1.29, 1.82) is 0 Å². The van der Waals surface area contributed by atoms with Crippen LogP contribution in [0.15, 0.2) is 66.7 Å².